The van der Waals surface area contributed by atoms with Gasteiger partial charge in [0.25, 0.3) is 5.69 Å². The van der Waals surface area contributed by atoms with Crippen LogP contribution in [0.2, 0.25) is 0 Å². The number of nitrogens with zero attached hydrogens (tertiary/aromatic N) is 2. The molecule has 132 valence electrons. The minimum Gasteiger partial charge on any atom is -0.323 e. The van der Waals surface area contributed by atoms with E-state index in [0.29, 0.717) is 24.2 Å². The maximum atomic E-state index is 12.1. The molecule has 1 aliphatic heterocycles. The zero-order valence-electron chi connectivity index (χ0n) is 14.1. The predicted octanol–water partition coefficient (Wildman–Crippen LogP) is 3.16. The Bertz CT molecular complexity index is 904. The maximum Gasteiger partial charge on any atom is 0.269 e. The van der Waals surface area contributed by atoms with Crippen molar-refractivity contribution < 1.29 is 14.5 Å². The number of nitro groups is 1. The number of anilines is 2. The van der Waals surface area contributed by atoms with Gasteiger partial charge in [0.2, 0.25) is 11.8 Å². The molecule has 0 fully saturated rings. The largest absolute Gasteiger partial charge is 0.323 e. The third-order valence-electron chi connectivity index (χ3n) is 4.13. The minimum atomic E-state index is -0.474. The Morgan fingerprint density at radius 1 is 1.27 bits per heavy atom. The highest BCUT2D eigenvalue weighted by atomic mass is 16.6. The Morgan fingerprint density at radius 3 is 2.65 bits per heavy atom. The molecule has 0 saturated heterocycles. The molecule has 26 heavy (non-hydrogen) atoms. The molecular formula is C19H17N3O4. The second-order valence-electron chi connectivity index (χ2n) is 5.83. The zero-order chi connectivity index (χ0) is 18.7. The topological polar surface area (TPSA) is 92.6 Å². The van der Waals surface area contributed by atoms with Crippen molar-refractivity contribution in [1.29, 1.82) is 0 Å². The standard InChI is InChI=1S/C19H17N3O4/c1-2-21-17-9-6-15(11-14(17)12-19(21)24)20-18(23)10-5-13-3-7-16(8-4-13)22(25)26/h3-11H,2,12H2,1H3,(H,20,23)/b10-5+. The van der Waals surface area contributed by atoms with E-state index in [0.717, 1.165) is 11.3 Å². The number of rotatable bonds is 5. The molecule has 0 radical (unpaired) electrons. The molecule has 7 heteroatoms. The van der Waals surface area contributed by atoms with Crippen molar-refractivity contribution in [2.24, 2.45) is 0 Å². The third kappa shape index (κ3) is 3.61. The molecule has 0 bridgehead atoms. The highest BCUT2D eigenvalue weighted by Crippen LogP contribution is 2.30. The van der Waals surface area contributed by atoms with Gasteiger partial charge in [-0.15, -0.1) is 0 Å². The molecule has 3 rings (SSSR count). The van der Waals surface area contributed by atoms with Gasteiger partial charge < -0.3 is 10.2 Å². The molecule has 0 aliphatic carbocycles. The van der Waals surface area contributed by atoms with Gasteiger partial charge in [0, 0.05) is 36.1 Å². The van der Waals surface area contributed by atoms with Crippen LogP contribution in [0.5, 0.6) is 0 Å². The number of nitro benzene ring substituents is 1. The smallest absolute Gasteiger partial charge is 0.269 e. The van der Waals surface area contributed by atoms with Gasteiger partial charge in [0.05, 0.1) is 11.3 Å². The van der Waals surface area contributed by atoms with Crippen LogP contribution in [0.15, 0.2) is 48.5 Å². The van der Waals surface area contributed by atoms with E-state index in [1.54, 1.807) is 35.2 Å². The van der Waals surface area contributed by atoms with Crippen molar-refractivity contribution in [3.63, 3.8) is 0 Å². The van der Waals surface area contributed by atoms with Crippen LogP contribution in [0.25, 0.3) is 6.08 Å². The minimum absolute atomic E-state index is 0.000382. The van der Waals surface area contributed by atoms with E-state index < -0.39 is 4.92 Å². The second-order valence-corrected chi connectivity index (χ2v) is 5.83. The summed E-state index contributed by atoms with van der Waals surface area (Å²) in [4.78, 5) is 35.8. The summed E-state index contributed by atoms with van der Waals surface area (Å²) in [5.41, 5.74) is 3.09. The fourth-order valence-electron chi connectivity index (χ4n) is 2.87. The number of amides is 2. The van der Waals surface area contributed by atoms with Crippen LogP contribution in [-0.4, -0.2) is 23.3 Å². The van der Waals surface area contributed by atoms with Crippen LogP contribution in [0.3, 0.4) is 0 Å². The Kier molecular flexibility index (Phi) is 4.79. The fourth-order valence-corrected chi connectivity index (χ4v) is 2.87. The van der Waals surface area contributed by atoms with Crippen LogP contribution in [0.4, 0.5) is 17.1 Å². The lowest BCUT2D eigenvalue weighted by molar-refractivity contribution is -0.384. The summed E-state index contributed by atoms with van der Waals surface area (Å²) in [5.74, 6) is -0.260. The van der Waals surface area contributed by atoms with Crippen LogP contribution in [0.1, 0.15) is 18.1 Å². The maximum absolute atomic E-state index is 12.1. The average Bonchev–Trinajstić information content (AvgIpc) is 2.94. The molecule has 7 nitrogen and oxygen atoms in total. The van der Waals surface area contributed by atoms with Crippen LogP contribution < -0.4 is 10.2 Å². The van der Waals surface area contributed by atoms with Gasteiger partial charge in [0.15, 0.2) is 0 Å². The predicted molar refractivity (Wildman–Crippen MR) is 98.9 cm³/mol. The zero-order valence-corrected chi connectivity index (χ0v) is 14.1. The normalized spacial score (nSPS) is 13.1. The molecule has 1 aliphatic rings. The Morgan fingerprint density at radius 2 is 2.00 bits per heavy atom. The highest BCUT2D eigenvalue weighted by Gasteiger charge is 2.25. The number of nitrogens with one attached hydrogen (secondary N) is 1. The SMILES string of the molecule is CCN1C(=O)Cc2cc(NC(=O)/C=C/c3ccc([N+](=O)[O-])cc3)ccc21. The Hall–Kier alpha value is -3.48. The summed E-state index contributed by atoms with van der Waals surface area (Å²) >= 11 is 0. The Labute approximate surface area is 150 Å². The van der Waals surface area contributed by atoms with E-state index in [2.05, 4.69) is 5.32 Å². The highest BCUT2D eigenvalue weighted by molar-refractivity contribution is 6.04. The first-order valence-corrected chi connectivity index (χ1v) is 8.14. The number of carbonyl (C=O) groups excluding carboxylic acids is 2. The summed E-state index contributed by atoms with van der Waals surface area (Å²) in [7, 11) is 0. The monoisotopic (exact) mass is 351 g/mol. The second kappa shape index (κ2) is 7.18. The fraction of sp³-hybridized carbons (Fsp3) is 0.158. The molecular weight excluding hydrogens is 334 g/mol. The molecule has 0 aromatic heterocycles. The number of hydrogen-bond donors (Lipinski definition) is 1. The summed E-state index contributed by atoms with van der Waals surface area (Å²) in [6.07, 6.45) is 3.28. The van der Waals surface area contributed by atoms with E-state index in [1.165, 1.54) is 18.2 Å². The lowest BCUT2D eigenvalue weighted by Crippen LogP contribution is -2.25. The molecule has 2 aromatic carbocycles. The number of hydrogen-bond acceptors (Lipinski definition) is 4. The molecule has 1 N–H and O–H groups in total. The van der Waals surface area contributed by atoms with Crippen LogP contribution in [0, 0.1) is 10.1 Å². The summed E-state index contributed by atoms with van der Waals surface area (Å²) in [6.45, 7) is 2.54. The van der Waals surface area contributed by atoms with Gasteiger partial charge in [-0.05, 0) is 54.5 Å². The quantitative estimate of drug-likeness (QED) is 0.509. The van der Waals surface area contributed by atoms with Gasteiger partial charge in [0.1, 0.15) is 0 Å². The van der Waals surface area contributed by atoms with E-state index in [4.69, 9.17) is 0 Å². The third-order valence-corrected chi connectivity index (χ3v) is 4.13. The van der Waals surface area contributed by atoms with Gasteiger partial charge in [-0.1, -0.05) is 0 Å². The van der Waals surface area contributed by atoms with Gasteiger partial charge >= 0.3 is 0 Å². The van der Waals surface area contributed by atoms with Crippen molar-refractivity contribution in [1.82, 2.24) is 0 Å². The number of benzene rings is 2. The van der Waals surface area contributed by atoms with Crippen LogP contribution in [-0.2, 0) is 16.0 Å². The van der Waals surface area contributed by atoms with E-state index in [-0.39, 0.29) is 17.5 Å². The summed E-state index contributed by atoms with van der Waals surface area (Å²) in [5, 5.41) is 13.4. The van der Waals surface area contributed by atoms with E-state index in [1.807, 2.05) is 13.0 Å². The van der Waals surface area contributed by atoms with Crippen molar-refractivity contribution in [2.45, 2.75) is 13.3 Å². The molecule has 0 unspecified atom stereocenters. The first kappa shape index (κ1) is 17.3. The average molecular weight is 351 g/mol. The van der Waals surface area contributed by atoms with Crippen LogP contribution >= 0.6 is 0 Å². The Balaban J connectivity index is 1.66. The van der Waals surface area contributed by atoms with E-state index in [9.17, 15) is 19.7 Å². The number of likely N-dealkylation sites (N-methyl/N-ethyl adjacent to an activating group) is 1. The van der Waals surface area contributed by atoms with Gasteiger partial charge in [-0.3, -0.25) is 19.7 Å². The van der Waals surface area contributed by atoms with E-state index >= 15 is 0 Å². The van der Waals surface area contributed by atoms with Crippen molar-refractivity contribution >= 4 is 35.0 Å². The first-order valence-electron chi connectivity index (χ1n) is 8.14. The number of carbonyl (C=O) groups is 2. The number of fused-ring (bicyclic) bond motifs is 1. The number of non-ortho nitro benzene ring substituents is 1. The van der Waals surface area contributed by atoms with Gasteiger partial charge in [-0.2, -0.15) is 0 Å². The first-order chi connectivity index (χ1) is 12.5. The molecule has 2 amide bonds. The van der Waals surface area contributed by atoms with Crippen molar-refractivity contribution in [2.75, 3.05) is 16.8 Å². The molecule has 0 atom stereocenters. The summed E-state index contributed by atoms with van der Waals surface area (Å²) in [6, 6.07) is 11.3. The molecule has 2 aromatic rings. The molecule has 0 spiro atoms. The molecule has 0 saturated carbocycles. The van der Waals surface area contributed by atoms with Gasteiger partial charge in [-0.25, -0.2) is 0 Å². The lowest BCUT2D eigenvalue weighted by atomic mass is 10.1. The lowest BCUT2D eigenvalue weighted by Gasteiger charge is -2.14. The summed E-state index contributed by atoms with van der Waals surface area (Å²) < 4.78 is 0. The van der Waals surface area contributed by atoms with Crippen molar-refractivity contribution in [3.8, 4) is 0 Å². The molecule has 1 heterocycles. The van der Waals surface area contributed by atoms with Crippen molar-refractivity contribution in [3.05, 3.63) is 69.8 Å².